The molecule has 2 aromatic heterocycles. The van der Waals surface area contributed by atoms with Crippen LogP contribution in [0.3, 0.4) is 0 Å². The molecular weight excluding hydrogens is 340 g/mol. The van der Waals surface area contributed by atoms with Crippen LogP contribution in [0, 0.1) is 6.92 Å². The number of amides is 1. The molecule has 0 atom stereocenters. The van der Waals surface area contributed by atoms with Crippen molar-refractivity contribution in [1.29, 1.82) is 0 Å². The van der Waals surface area contributed by atoms with Crippen LogP contribution in [0.5, 0.6) is 0 Å². The highest BCUT2D eigenvalue weighted by Gasteiger charge is 2.22. The number of halogens is 1. The van der Waals surface area contributed by atoms with E-state index in [2.05, 4.69) is 10.5 Å². The van der Waals surface area contributed by atoms with Crippen LogP contribution in [0.15, 0.2) is 45.3 Å². The van der Waals surface area contributed by atoms with E-state index in [0.717, 1.165) is 11.3 Å². The van der Waals surface area contributed by atoms with Gasteiger partial charge in [0.1, 0.15) is 17.1 Å². The van der Waals surface area contributed by atoms with Gasteiger partial charge in [-0.3, -0.25) is 4.79 Å². The van der Waals surface area contributed by atoms with Crippen molar-refractivity contribution in [3.63, 3.8) is 0 Å². The van der Waals surface area contributed by atoms with E-state index in [1.807, 2.05) is 50.2 Å². The smallest absolute Gasteiger partial charge is 0.257 e. The molecule has 0 aliphatic heterocycles. The van der Waals surface area contributed by atoms with E-state index >= 15 is 0 Å². The molecule has 6 heteroatoms. The topological polar surface area (TPSA) is 68.3 Å². The first kappa shape index (κ1) is 17.3. The average molecular weight is 359 g/mol. The molecule has 5 nitrogen and oxygen atoms in total. The van der Waals surface area contributed by atoms with E-state index < -0.39 is 0 Å². The first-order chi connectivity index (χ1) is 12.0. The number of rotatable bonds is 5. The summed E-state index contributed by atoms with van der Waals surface area (Å²) in [6.45, 7) is 5.97. The van der Waals surface area contributed by atoms with E-state index in [9.17, 15) is 4.79 Å². The standard InChI is InChI=1S/C19H19ClN2O3/c1-11(2)18-17(12(3)22-25-18)19(23)21-10-15-8-9-16(24-15)13-4-6-14(20)7-5-13/h4-9,11H,10H2,1-3H3,(H,21,23). The van der Waals surface area contributed by atoms with Crippen LogP contribution in [0.25, 0.3) is 11.3 Å². The van der Waals surface area contributed by atoms with Crippen molar-refractivity contribution in [3.05, 3.63) is 64.2 Å². The van der Waals surface area contributed by atoms with Crippen LogP contribution in [0.2, 0.25) is 5.02 Å². The van der Waals surface area contributed by atoms with Gasteiger partial charge in [0.25, 0.3) is 5.91 Å². The van der Waals surface area contributed by atoms with Crippen LogP contribution in [-0.4, -0.2) is 11.1 Å². The summed E-state index contributed by atoms with van der Waals surface area (Å²) in [4.78, 5) is 12.5. The van der Waals surface area contributed by atoms with Crippen molar-refractivity contribution in [2.75, 3.05) is 0 Å². The lowest BCUT2D eigenvalue weighted by Crippen LogP contribution is -2.24. The predicted molar refractivity (Wildman–Crippen MR) is 95.7 cm³/mol. The summed E-state index contributed by atoms with van der Waals surface area (Å²) >= 11 is 5.89. The molecule has 0 saturated heterocycles. The van der Waals surface area contributed by atoms with E-state index in [4.69, 9.17) is 20.5 Å². The van der Waals surface area contributed by atoms with E-state index in [1.165, 1.54) is 0 Å². The van der Waals surface area contributed by atoms with Crippen molar-refractivity contribution >= 4 is 17.5 Å². The van der Waals surface area contributed by atoms with E-state index in [0.29, 0.717) is 27.8 Å². The van der Waals surface area contributed by atoms with Gasteiger partial charge in [-0.05, 0) is 43.3 Å². The lowest BCUT2D eigenvalue weighted by molar-refractivity contribution is 0.0945. The summed E-state index contributed by atoms with van der Waals surface area (Å²) < 4.78 is 11.0. The fraction of sp³-hybridized carbons (Fsp3) is 0.263. The highest BCUT2D eigenvalue weighted by Crippen LogP contribution is 2.25. The summed E-state index contributed by atoms with van der Waals surface area (Å²) in [6.07, 6.45) is 0. The summed E-state index contributed by atoms with van der Waals surface area (Å²) in [7, 11) is 0. The van der Waals surface area contributed by atoms with Gasteiger partial charge in [-0.15, -0.1) is 0 Å². The molecule has 0 fully saturated rings. The number of benzene rings is 1. The number of aromatic nitrogens is 1. The second kappa shape index (κ2) is 7.15. The molecule has 0 saturated carbocycles. The van der Waals surface area contributed by atoms with Crippen molar-refractivity contribution < 1.29 is 13.7 Å². The number of nitrogens with zero attached hydrogens (tertiary/aromatic N) is 1. The zero-order valence-corrected chi connectivity index (χ0v) is 15.1. The van der Waals surface area contributed by atoms with Gasteiger partial charge >= 0.3 is 0 Å². The number of carbonyl (C=O) groups excluding carboxylic acids is 1. The zero-order valence-electron chi connectivity index (χ0n) is 14.3. The molecule has 0 spiro atoms. The minimum Gasteiger partial charge on any atom is -0.459 e. The van der Waals surface area contributed by atoms with Crippen LogP contribution >= 0.6 is 11.6 Å². The Labute approximate surface area is 151 Å². The molecule has 0 aliphatic carbocycles. The Balaban J connectivity index is 1.69. The van der Waals surface area contributed by atoms with Crippen LogP contribution in [0.1, 0.15) is 47.3 Å². The van der Waals surface area contributed by atoms with Crippen molar-refractivity contribution in [2.24, 2.45) is 0 Å². The predicted octanol–water partition coefficient (Wildman–Crippen LogP) is 4.95. The molecule has 1 N–H and O–H groups in total. The molecule has 130 valence electrons. The summed E-state index contributed by atoms with van der Waals surface area (Å²) in [6, 6.07) is 11.1. The van der Waals surface area contributed by atoms with E-state index in [1.54, 1.807) is 6.92 Å². The Bertz CT molecular complexity index is 878. The van der Waals surface area contributed by atoms with Crippen LogP contribution in [0.4, 0.5) is 0 Å². The first-order valence-electron chi connectivity index (χ1n) is 8.04. The minimum atomic E-state index is -0.216. The monoisotopic (exact) mass is 358 g/mol. The summed E-state index contributed by atoms with van der Waals surface area (Å²) in [5, 5.41) is 7.43. The molecule has 0 radical (unpaired) electrons. The molecule has 0 unspecified atom stereocenters. The third-order valence-corrected chi connectivity index (χ3v) is 4.11. The number of hydrogen-bond donors (Lipinski definition) is 1. The molecule has 0 bridgehead atoms. The highest BCUT2D eigenvalue weighted by molar-refractivity contribution is 6.30. The van der Waals surface area contributed by atoms with Crippen molar-refractivity contribution in [3.8, 4) is 11.3 Å². The Morgan fingerprint density at radius 2 is 1.92 bits per heavy atom. The Morgan fingerprint density at radius 3 is 2.60 bits per heavy atom. The second-order valence-corrected chi connectivity index (χ2v) is 6.55. The fourth-order valence-electron chi connectivity index (χ4n) is 2.56. The van der Waals surface area contributed by atoms with Gasteiger partial charge in [0.15, 0.2) is 5.76 Å². The fourth-order valence-corrected chi connectivity index (χ4v) is 2.68. The summed E-state index contributed by atoms with van der Waals surface area (Å²) in [5.41, 5.74) is 2.01. The van der Waals surface area contributed by atoms with Gasteiger partial charge in [0.2, 0.25) is 0 Å². The molecule has 25 heavy (non-hydrogen) atoms. The lowest BCUT2D eigenvalue weighted by atomic mass is 10.0. The summed E-state index contributed by atoms with van der Waals surface area (Å²) in [5.74, 6) is 1.86. The SMILES string of the molecule is Cc1noc(C(C)C)c1C(=O)NCc1ccc(-c2ccc(Cl)cc2)o1. The quantitative estimate of drug-likeness (QED) is 0.700. The Kier molecular flexibility index (Phi) is 4.95. The van der Waals surface area contributed by atoms with Gasteiger partial charge in [0, 0.05) is 16.5 Å². The number of furan rings is 1. The maximum atomic E-state index is 12.5. The Hall–Kier alpha value is -2.53. The van der Waals surface area contributed by atoms with Gasteiger partial charge in [-0.1, -0.05) is 30.6 Å². The molecule has 1 amide bonds. The number of nitrogens with one attached hydrogen (secondary N) is 1. The number of carbonyl (C=O) groups is 1. The molecule has 3 rings (SSSR count). The number of hydrogen-bond acceptors (Lipinski definition) is 4. The van der Waals surface area contributed by atoms with Crippen molar-refractivity contribution in [2.45, 2.75) is 33.2 Å². The van der Waals surface area contributed by atoms with Gasteiger partial charge in [-0.2, -0.15) is 0 Å². The maximum Gasteiger partial charge on any atom is 0.257 e. The maximum absolute atomic E-state index is 12.5. The first-order valence-corrected chi connectivity index (χ1v) is 8.42. The lowest BCUT2D eigenvalue weighted by Gasteiger charge is -2.06. The van der Waals surface area contributed by atoms with Gasteiger partial charge in [0.05, 0.1) is 12.2 Å². The van der Waals surface area contributed by atoms with Gasteiger partial charge in [-0.25, -0.2) is 0 Å². The van der Waals surface area contributed by atoms with Crippen LogP contribution in [-0.2, 0) is 6.54 Å². The highest BCUT2D eigenvalue weighted by atomic mass is 35.5. The average Bonchev–Trinajstić information content (AvgIpc) is 3.20. The largest absolute Gasteiger partial charge is 0.459 e. The van der Waals surface area contributed by atoms with E-state index in [-0.39, 0.29) is 18.4 Å². The van der Waals surface area contributed by atoms with Crippen molar-refractivity contribution in [1.82, 2.24) is 10.5 Å². The minimum absolute atomic E-state index is 0.0853. The normalized spacial score (nSPS) is 11.1. The molecule has 3 aromatic rings. The third kappa shape index (κ3) is 3.77. The van der Waals surface area contributed by atoms with Gasteiger partial charge < -0.3 is 14.3 Å². The Morgan fingerprint density at radius 1 is 1.20 bits per heavy atom. The van der Waals surface area contributed by atoms with Crippen LogP contribution < -0.4 is 5.32 Å². The molecular formula is C19H19ClN2O3. The molecule has 1 aromatic carbocycles. The number of aryl methyl sites for hydroxylation is 1. The third-order valence-electron chi connectivity index (χ3n) is 3.85. The second-order valence-electron chi connectivity index (χ2n) is 6.12. The zero-order chi connectivity index (χ0) is 18.0. The molecule has 0 aliphatic rings. The molecule has 2 heterocycles.